The van der Waals surface area contributed by atoms with Gasteiger partial charge in [0.15, 0.2) is 0 Å². The molecule has 78 valence electrons. The van der Waals surface area contributed by atoms with Gasteiger partial charge in [-0.2, -0.15) is 30.3 Å². The second-order valence-corrected chi connectivity index (χ2v) is 3.72. The molecule has 0 radical (unpaired) electrons. The molecule has 1 aliphatic heterocycles. The van der Waals surface area contributed by atoms with Crippen LogP contribution in [0.4, 0.5) is 0 Å². The Kier molecular flexibility index (Phi) is 7.51. The van der Waals surface area contributed by atoms with Gasteiger partial charge < -0.3 is 4.90 Å². The summed E-state index contributed by atoms with van der Waals surface area (Å²) in [5.41, 5.74) is 1.32. The first-order chi connectivity index (χ1) is 7.45. The molecule has 0 bridgehead atoms. The van der Waals surface area contributed by atoms with Crippen LogP contribution in [0.15, 0.2) is 24.3 Å². The molecule has 0 atom stereocenters. The molecule has 0 spiro atoms. The maximum Gasteiger partial charge on any atom is 0.000731 e. The number of rotatable bonds is 2. The second kappa shape index (κ2) is 8.44. The Labute approximate surface area is 109 Å². The van der Waals surface area contributed by atoms with Crippen molar-refractivity contribution in [2.75, 3.05) is 13.1 Å². The van der Waals surface area contributed by atoms with E-state index >= 15 is 0 Å². The zero-order valence-corrected chi connectivity index (χ0v) is 13.6. The minimum atomic E-state index is 1.08. The van der Waals surface area contributed by atoms with E-state index in [-0.39, 0.29) is 0 Å². The average Bonchev–Trinajstić information content (AvgIpc) is 2.34. The summed E-state index contributed by atoms with van der Waals surface area (Å²) < 4.78 is 0. The van der Waals surface area contributed by atoms with Crippen molar-refractivity contribution in [2.45, 2.75) is 25.8 Å². The van der Waals surface area contributed by atoms with E-state index in [1.54, 1.807) is 0 Å². The van der Waals surface area contributed by atoms with Crippen molar-refractivity contribution in [3.8, 4) is 0 Å². The third-order valence-electron chi connectivity index (χ3n) is 2.62. The molecule has 0 amide bonds. The van der Waals surface area contributed by atoms with Gasteiger partial charge in [0.2, 0.25) is 0 Å². The van der Waals surface area contributed by atoms with E-state index in [1.807, 2.05) is 12.1 Å². The first kappa shape index (κ1) is 13.3. The van der Waals surface area contributed by atoms with Crippen LogP contribution in [-0.4, -0.2) is 18.0 Å². The molecule has 1 saturated heterocycles. The Morgan fingerprint density at radius 3 is 2.53 bits per heavy atom. The summed E-state index contributed by atoms with van der Waals surface area (Å²) >= 11 is 4.25. The average molecular weight is 320 g/mol. The normalized spacial score (nSPS) is 16.7. The fourth-order valence-electron chi connectivity index (χ4n) is 1.89. The Morgan fingerprint density at radius 2 is 1.93 bits per heavy atom. The Hall–Kier alpha value is 0.283. The molecule has 3 heteroatoms. The molecule has 0 aliphatic carbocycles. The quantitative estimate of drug-likeness (QED) is 0.597. The van der Waals surface area contributed by atoms with E-state index in [1.165, 1.54) is 54.3 Å². The topological polar surface area (TPSA) is 3.24 Å². The Balaban J connectivity index is 0.000000531. The molecule has 15 heavy (non-hydrogen) atoms. The van der Waals surface area contributed by atoms with Crippen LogP contribution in [0.3, 0.4) is 0 Å². The van der Waals surface area contributed by atoms with Gasteiger partial charge >= 0.3 is 30.0 Å². The van der Waals surface area contributed by atoms with Crippen molar-refractivity contribution in [3.05, 3.63) is 35.9 Å². The molecule has 0 unspecified atom stereocenters. The Bertz CT molecular complexity index is 247. The van der Waals surface area contributed by atoms with Crippen LogP contribution in [0.2, 0.25) is 0 Å². The molecule has 1 aromatic rings. The molecule has 0 saturated carbocycles. The Morgan fingerprint density at radius 1 is 1.20 bits per heavy atom. The van der Waals surface area contributed by atoms with Crippen LogP contribution >= 0.6 is 13.6 Å². The fraction of sp³-hybridized carbons (Fsp3) is 0.500. The van der Waals surface area contributed by atoms with Crippen LogP contribution in [0.1, 0.15) is 24.8 Å². The van der Waals surface area contributed by atoms with Crippen LogP contribution < -0.4 is 0 Å². The number of hydrogen-bond donors (Lipinski definition) is 0. The number of halogens is 1. The molecule has 1 aliphatic rings. The van der Waals surface area contributed by atoms with Crippen LogP contribution in [0, 0.1) is 6.07 Å². The van der Waals surface area contributed by atoms with Gasteiger partial charge in [-0.05, 0) is 25.9 Å². The predicted octanol–water partition coefficient (Wildman–Crippen LogP) is 3.32. The molecule has 1 heterocycles. The third kappa shape index (κ3) is 5.24. The summed E-state index contributed by atoms with van der Waals surface area (Å²) in [5.74, 6) is 0. The number of benzene rings is 1. The molecule has 0 N–H and O–H groups in total. The van der Waals surface area contributed by atoms with Crippen LogP contribution in [0.5, 0.6) is 0 Å². The van der Waals surface area contributed by atoms with Gasteiger partial charge in [0, 0.05) is 6.54 Å². The van der Waals surface area contributed by atoms with Gasteiger partial charge in [0.05, 0.1) is 0 Å². The first-order valence-corrected chi connectivity index (χ1v) is 12.3. The van der Waals surface area contributed by atoms with Crippen LogP contribution in [0.25, 0.3) is 0 Å². The van der Waals surface area contributed by atoms with E-state index in [9.17, 15) is 0 Å². The number of hydrogen-bond acceptors (Lipinski definition) is 1. The van der Waals surface area contributed by atoms with Crippen molar-refractivity contribution < 1.29 is 16.3 Å². The minimum Gasteiger partial charge on any atom is -0.301 e. The molecule has 0 aromatic heterocycles. The van der Waals surface area contributed by atoms with Crippen LogP contribution in [-0.2, 0) is 22.9 Å². The number of likely N-dealkylation sites (tertiary alicyclic amines) is 1. The zero-order valence-electron chi connectivity index (χ0n) is 9.08. The standard InChI is InChI=1S/C12H16N.BrH.Zn/c1-3-7-12(8-4-1)11-13-9-5-2-6-10-13;;/h1,3-4,7H,2,5-6,9-11H2;1H;/q-1;;+2/p-1. The predicted molar refractivity (Wildman–Crippen MR) is 63.3 cm³/mol. The SMILES string of the molecule is [Zn+][Br].[c-]1ccccc1CN1CCCCC1. The zero-order chi connectivity index (χ0) is 10.9. The van der Waals surface area contributed by atoms with Gasteiger partial charge in [0.25, 0.3) is 0 Å². The maximum absolute atomic E-state index is 3.27. The largest absolute Gasteiger partial charge is 0.301 e. The first-order valence-electron chi connectivity index (χ1n) is 5.40. The molecule has 2 rings (SSSR count). The van der Waals surface area contributed by atoms with Gasteiger partial charge in [-0.25, -0.2) is 0 Å². The van der Waals surface area contributed by atoms with E-state index < -0.39 is 0 Å². The summed E-state index contributed by atoms with van der Waals surface area (Å²) in [4.78, 5) is 2.52. The third-order valence-corrected chi connectivity index (χ3v) is 2.62. The van der Waals surface area contributed by atoms with Gasteiger partial charge in [-0.1, -0.05) is 6.42 Å². The van der Waals surface area contributed by atoms with E-state index in [4.69, 9.17) is 0 Å². The summed E-state index contributed by atoms with van der Waals surface area (Å²) in [6, 6.07) is 11.6. The number of piperidine rings is 1. The van der Waals surface area contributed by atoms with Crippen molar-refractivity contribution in [2.24, 2.45) is 0 Å². The van der Waals surface area contributed by atoms with Gasteiger partial charge in [0.1, 0.15) is 0 Å². The van der Waals surface area contributed by atoms with E-state index in [0.29, 0.717) is 0 Å². The molecule has 1 fully saturated rings. The van der Waals surface area contributed by atoms with Gasteiger partial charge in [-0.15, -0.1) is 5.56 Å². The van der Waals surface area contributed by atoms with Crippen molar-refractivity contribution in [1.29, 1.82) is 0 Å². The molecule has 1 nitrogen and oxygen atoms in total. The van der Waals surface area contributed by atoms with Crippen molar-refractivity contribution in [3.63, 3.8) is 0 Å². The van der Waals surface area contributed by atoms with Crippen molar-refractivity contribution in [1.82, 2.24) is 4.90 Å². The molecular weight excluding hydrogens is 303 g/mol. The summed E-state index contributed by atoms with van der Waals surface area (Å²) in [6.45, 7) is 3.62. The molecule has 1 aromatic carbocycles. The summed E-state index contributed by atoms with van der Waals surface area (Å²) in [5, 5.41) is 0. The monoisotopic (exact) mass is 317 g/mol. The number of nitrogens with zero attached hydrogens (tertiary/aromatic N) is 1. The molecular formula is C12H16BrNZn. The second-order valence-electron chi connectivity index (χ2n) is 3.72. The van der Waals surface area contributed by atoms with E-state index in [0.717, 1.165) is 6.54 Å². The minimum absolute atomic E-state index is 1.08. The summed E-state index contributed by atoms with van der Waals surface area (Å²) in [6.07, 6.45) is 4.15. The summed E-state index contributed by atoms with van der Waals surface area (Å²) in [7, 11) is 0. The van der Waals surface area contributed by atoms with E-state index in [2.05, 4.69) is 36.7 Å². The van der Waals surface area contributed by atoms with Gasteiger partial charge in [-0.3, -0.25) is 0 Å². The van der Waals surface area contributed by atoms with Crippen molar-refractivity contribution >= 4 is 13.6 Å². The maximum atomic E-state index is 3.27. The smallest absolute Gasteiger partial charge is 0.000731 e. The fourth-order valence-corrected chi connectivity index (χ4v) is 1.89.